The highest BCUT2D eigenvalue weighted by atomic mass is 35.5. The first kappa shape index (κ1) is 29.7. The highest BCUT2D eigenvalue weighted by molar-refractivity contribution is 7.90. The van der Waals surface area contributed by atoms with Gasteiger partial charge in [-0.1, -0.05) is 54.1 Å². The number of halogens is 4. The van der Waals surface area contributed by atoms with Crippen molar-refractivity contribution in [3.8, 4) is 0 Å². The number of aliphatic imine (C=N–C) groups is 1. The summed E-state index contributed by atoms with van der Waals surface area (Å²) in [5.41, 5.74) is 6.87. The predicted molar refractivity (Wildman–Crippen MR) is 148 cm³/mol. The van der Waals surface area contributed by atoms with Gasteiger partial charge in [0.1, 0.15) is 0 Å². The molecule has 4 rings (SSSR count). The summed E-state index contributed by atoms with van der Waals surface area (Å²) in [5.74, 6) is -1.78. The maximum Gasteiger partial charge on any atom is 0.417 e. The number of pyridine rings is 1. The van der Waals surface area contributed by atoms with Crippen molar-refractivity contribution in [3.05, 3.63) is 94.6 Å². The van der Waals surface area contributed by atoms with Crippen molar-refractivity contribution in [2.75, 3.05) is 6.54 Å². The van der Waals surface area contributed by atoms with Gasteiger partial charge >= 0.3 is 16.2 Å². The third-order valence-corrected chi connectivity index (χ3v) is 7.24. The summed E-state index contributed by atoms with van der Waals surface area (Å²) in [6.45, 7) is 1.30. The van der Waals surface area contributed by atoms with E-state index in [2.05, 4.69) is 24.8 Å². The molecule has 1 aliphatic rings. The fourth-order valence-electron chi connectivity index (χ4n) is 3.97. The molecule has 3 N–H and O–H groups in total. The number of benzene rings is 2. The molecule has 1 atom stereocenters. The maximum absolute atomic E-state index is 13.1. The topological polar surface area (TPSA) is 142 Å². The zero-order valence-electron chi connectivity index (χ0n) is 21.4. The summed E-state index contributed by atoms with van der Waals surface area (Å²) in [5, 5.41) is 7.84. The Kier molecular flexibility index (Phi) is 8.73. The van der Waals surface area contributed by atoms with Crippen LogP contribution in [0.2, 0.25) is 5.02 Å². The number of hydrazone groups is 1. The highest BCUT2D eigenvalue weighted by Crippen LogP contribution is 2.31. The van der Waals surface area contributed by atoms with Crippen LogP contribution < -0.4 is 11.1 Å². The van der Waals surface area contributed by atoms with Crippen LogP contribution in [-0.2, 0) is 21.0 Å². The first-order chi connectivity index (χ1) is 19.3. The van der Waals surface area contributed by atoms with Gasteiger partial charge in [0.05, 0.1) is 11.3 Å². The molecule has 2 aromatic carbocycles. The van der Waals surface area contributed by atoms with E-state index in [9.17, 15) is 26.4 Å². The van der Waals surface area contributed by atoms with Crippen LogP contribution in [0.1, 0.15) is 36.0 Å². The molecule has 0 radical (unpaired) electrons. The Balaban J connectivity index is 1.82. The lowest BCUT2D eigenvalue weighted by Crippen LogP contribution is -2.40. The van der Waals surface area contributed by atoms with Gasteiger partial charge in [-0.2, -0.15) is 31.7 Å². The minimum absolute atomic E-state index is 0.127. The molecule has 0 aliphatic carbocycles. The van der Waals surface area contributed by atoms with Crippen LogP contribution in [0, 0.1) is 0 Å². The molecule has 0 bridgehead atoms. The molecule has 41 heavy (non-hydrogen) atoms. The van der Waals surface area contributed by atoms with Gasteiger partial charge in [-0.05, 0) is 41.8 Å². The van der Waals surface area contributed by atoms with Gasteiger partial charge in [-0.15, -0.1) is 4.40 Å². The van der Waals surface area contributed by atoms with Gasteiger partial charge in [0.25, 0.3) is 5.96 Å². The lowest BCUT2D eigenvalue weighted by Gasteiger charge is -2.30. The van der Waals surface area contributed by atoms with E-state index in [0.717, 1.165) is 5.56 Å². The number of hydrogen-bond acceptors (Lipinski definition) is 5. The number of nitrogens with one attached hydrogen (secondary N) is 1. The Labute approximate surface area is 238 Å². The Morgan fingerprint density at radius 1 is 1.10 bits per heavy atom. The van der Waals surface area contributed by atoms with Crippen molar-refractivity contribution in [2.45, 2.75) is 30.5 Å². The molecule has 1 amide bonds. The average Bonchev–Trinajstić information content (AvgIpc) is 2.92. The van der Waals surface area contributed by atoms with E-state index in [1.54, 1.807) is 24.3 Å². The smallest absolute Gasteiger partial charge is 0.369 e. The van der Waals surface area contributed by atoms with E-state index in [-0.39, 0.29) is 12.5 Å². The van der Waals surface area contributed by atoms with Gasteiger partial charge in [0.2, 0.25) is 11.9 Å². The molecular weight excluding hydrogens is 583 g/mol. The fraction of sp³-hybridized carbons (Fsp3) is 0.192. The van der Waals surface area contributed by atoms with E-state index in [0.29, 0.717) is 41.0 Å². The number of hydrogen-bond donors (Lipinski definition) is 2. The number of nitrogens with two attached hydrogens (primary N) is 1. The van der Waals surface area contributed by atoms with Crippen molar-refractivity contribution < 1.29 is 26.4 Å². The second-order valence-corrected chi connectivity index (χ2v) is 10.8. The van der Waals surface area contributed by atoms with Crippen LogP contribution in [0.25, 0.3) is 0 Å². The van der Waals surface area contributed by atoms with E-state index in [1.807, 2.05) is 30.3 Å². The third-order valence-electron chi connectivity index (χ3n) is 5.82. The molecule has 0 fully saturated rings. The fourth-order valence-corrected chi connectivity index (χ4v) is 4.96. The molecule has 0 spiro atoms. The minimum Gasteiger partial charge on any atom is -0.369 e. The zero-order valence-corrected chi connectivity index (χ0v) is 23.0. The summed E-state index contributed by atoms with van der Waals surface area (Å²) < 4.78 is 68.8. The third kappa shape index (κ3) is 7.46. The van der Waals surface area contributed by atoms with E-state index < -0.39 is 44.6 Å². The van der Waals surface area contributed by atoms with Crippen LogP contribution in [0.5, 0.6) is 0 Å². The Bertz CT molecular complexity index is 1610. The van der Waals surface area contributed by atoms with Gasteiger partial charge in [0, 0.05) is 30.6 Å². The molecule has 214 valence electrons. The van der Waals surface area contributed by atoms with Gasteiger partial charge in [-0.25, -0.2) is 9.99 Å². The second kappa shape index (κ2) is 12.1. The van der Waals surface area contributed by atoms with Crippen molar-refractivity contribution >= 4 is 45.2 Å². The second-order valence-electron chi connectivity index (χ2n) is 8.79. The largest absolute Gasteiger partial charge is 0.417 e. The normalized spacial score (nSPS) is 16.8. The van der Waals surface area contributed by atoms with Crippen LogP contribution in [-0.4, -0.2) is 48.5 Å². The number of sulfonamides is 1. The number of guanidine groups is 2. The van der Waals surface area contributed by atoms with Gasteiger partial charge < -0.3 is 5.73 Å². The number of alkyl halides is 3. The molecular formula is C26H23ClF3N7O3S. The van der Waals surface area contributed by atoms with E-state index in [4.69, 9.17) is 17.3 Å². The zero-order chi connectivity index (χ0) is 29.8. The number of carbonyl (C=O) groups excluding carboxylic acids is 1. The molecule has 3 aromatic rings. The maximum atomic E-state index is 13.1. The Morgan fingerprint density at radius 3 is 2.37 bits per heavy atom. The lowest BCUT2D eigenvalue weighted by atomic mass is 9.86. The SMILES string of the molecule is CC(=O)N/C(N)=N/C(=N/S(=O)(=O)c1ccc(C(F)(F)F)cn1)N1CCC(c2ccccc2)C(c2ccc(Cl)cc2)=N1. The number of nitrogens with zero attached hydrogens (tertiary/aromatic N) is 5. The first-order valence-corrected chi connectivity index (χ1v) is 13.8. The van der Waals surface area contributed by atoms with Gasteiger partial charge in [0.15, 0.2) is 5.03 Å². The lowest BCUT2D eigenvalue weighted by molar-refractivity contribution is -0.137. The molecule has 1 aromatic heterocycles. The van der Waals surface area contributed by atoms with Gasteiger partial charge in [-0.3, -0.25) is 10.1 Å². The number of rotatable bonds is 4. The number of aromatic nitrogens is 1. The van der Waals surface area contributed by atoms with Crippen LogP contribution in [0.15, 0.2) is 92.4 Å². The van der Waals surface area contributed by atoms with E-state index >= 15 is 0 Å². The minimum atomic E-state index is -4.71. The highest BCUT2D eigenvalue weighted by Gasteiger charge is 2.32. The summed E-state index contributed by atoms with van der Waals surface area (Å²) in [7, 11) is -4.69. The standard InChI is InChI=1S/C26H23ClF3N7O3S/c1-16(38)33-24(31)34-25(36-41(39,40)22-12-9-19(15-32-22)26(28,29)30)37-14-13-21(17-5-3-2-4-6-17)23(35-37)18-7-10-20(27)11-8-18/h2-12,15,21H,13-14H2,1H3,(H3,31,33,34,36,38). The predicted octanol–water partition coefficient (Wildman–Crippen LogP) is 4.14. The molecule has 1 unspecified atom stereocenters. The van der Waals surface area contributed by atoms with Crippen molar-refractivity contribution in [1.82, 2.24) is 15.3 Å². The van der Waals surface area contributed by atoms with Crippen LogP contribution >= 0.6 is 11.6 Å². The van der Waals surface area contributed by atoms with Crippen LogP contribution in [0.4, 0.5) is 13.2 Å². The first-order valence-electron chi connectivity index (χ1n) is 12.0. The quantitative estimate of drug-likeness (QED) is 0.338. The Morgan fingerprint density at radius 2 is 1.78 bits per heavy atom. The summed E-state index contributed by atoms with van der Waals surface area (Å²) in [6.07, 6.45) is -3.88. The summed E-state index contributed by atoms with van der Waals surface area (Å²) >= 11 is 6.08. The molecule has 2 heterocycles. The molecule has 10 nitrogen and oxygen atoms in total. The summed E-state index contributed by atoms with van der Waals surface area (Å²) in [6, 6.07) is 17.7. The van der Waals surface area contributed by atoms with E-state index in [1.165, 1.54) is 11.9 Å². The number of carbonyl (C=O) groups is 1. The molecule has 15 heteroatoms. The van der Waals surface area contributed by atoms with Crippen molar-refractivity contribution in [3.63, 3.8) is 0 Å². The van der Waals surface area contributed by atoms with Crippen LogP contribution in [0.3, 0.4) is 0 Å². The number of amides is 1. The molecule has 1 aliphatic heterocycles. The summed E-state index contributed by atoms with van der Waals surface area (Å²) in [4.78, 5) is 18.9. The average molecular weight is 606 g/mol. The molecule has 0 saturated carbocycles. The van der Waals surface area contributed by atoms with Crippen molar-refractivity contribution in [1.29, 1.82) is 0 Å². The Hall–Kier alpha value is -4.30. The van der Waals surface area contributed by atoms with Crippen molar-refractivity contribution in [2.24, 2.45) is 20.2 Å². The monoisotopic (exact) mass is 605 g/mol. The molecule has 0 saturated heterocycles.